The van der Waals surface area contributed by atoms with Crippen LogP contribution in [0.1, 0.15) is 32.3 Å². The van der Waals surface area contributed by atoms with Gasteiger partial charge in [0, 0.05) is 25.1 Å². The minimum atomic E-state index is -3.57. The molecule has 156 valence electrons. The van der Waals surface area contributed by atoms with Crippen molar-refractivity contribution in [3.8, 4) is 0 Å². The molecule has 1 aliphatic heterocycles. The fourth-order valence-corrected chi connectivity index (χ4v) is 5.66. The quantitative estimate of drug-likeness (QED) is 0.414. The summed E-state index contributed by atoms with van der Waals surface area (Å²) in [6, 6.07) is 7.07. The van der Waals surface area contributed by atoms with Crippen LogP contribution in [0.5, 0.6) is 0 Å². The predicted molar refractivity (Wildman–Crippen MR) is 114 cm³/mol. The van der Waals surface area contributed by atoms with E-state index in [4.69, 9.17) is 4.74 Å². The second-order valence-electron chi connectivity index (χ2n) is 7.55. The van der Waals surface area contributed by atoms with Crippen LogP contribution < -0.4 is 0 Å². The van der Waals surface area contributed by atoms with E-state index < -0.39 is 10.0 Å². The van der Waals surface area contributed by atoms with Gasteiger partial charge in [0.25, 0.3) is 0 Å². The summed E-state index contributed by atoms with van der Waals surface area (Å²) in [6.45, 7) is 6.79. The maximum Gasteiger partial charge on any atom is 0.331 e. The first-order valence-electron chi connectivity index (χ1n) is 10.2. The zero-order chi connectivity index (χ0) is 21.0. The van der Waals surface area contributed by atoms with Gasteiger partial charge in [0.2, 0.25) is 10.0 Å². The summed E-state index contributed by atoms with van der Waals surface area (Å²) >= 11 is 0. The largest absolute Gasteiger partial charge is 0.463 e. The molecule has 1 aromatic carbocycles. The first kappa shape index (κ1) is 21.5. The third kappa shape index (κ3) is 4.70. The van der Waals surface area contributed by atoms with Gasteiger partial charge in [0.15, 0.2) is 0 Å². The summed E-state index contributed by atoms with van der Waals surface area (Å²) in [5, 5.41) is 0. The molecule has 6 heteroatoms. The number of esters is 1. The van der Waals surface area contributed by atoms with Gasteiger partial charge in [0.05, 0.1) is 11.5 Å². The van der Waals surface area contributed by atoms with E-state index >= 15 is 0 Å². The first-order valence-corrected chi connectivity index (χ1v) is 11.6. The van der Waals surface area contributed by atoms with Gasteiger partial charge in [-0.05, 0) is 55.4 Å². The van der Waals surface area contributed by atoms with Gasteiger partial charge in [-0.25, -0.2) is 13.2 Å². The highest BCUT2D eigenvalue weighted by Crippen LogP contribution is 2.34. The second kappa shape index (κ2) is 9.09. The molecule has 2 aliphatic rings. The molecule has 0 aromatic heterocycles. The topological polar surface area (TPSA) is 63.7 Å². The van der Waals surface area contributed by atoms with Gasteiger partial charge in [-0.3, -0.25) is 0 Å². The molecule has 0 N–H and O–H groups in total. The highest BCUT2D eigenvalue weighted by atomic mass is 32.2. The lowest BCUT2D eigenvalue weighted by molar-refractivity contribution is -0.137. The maximum atomic E-state index is 13.2. The Morgan fingerprint density at radius 3 is 2.72 bits per heavy atom. The molecule has 3 rings (SSSR count). The van der Waals surface area contributed by atoms with Crippen LogP contribution in [0.4, 0.5) is 0 Å². The maximum absolute atomic E-state index is 13.2. The lowest BCUT2D eigenvalue weighted by Crippen LogP contribution is -2.29. The van der Waals surface area contributed by atoms with Crippen molar-refractivity contribution in [2.24, 2.45) is 11.8 Å². The number of carbonyl (C=O) groups excluding carboxylic acids is 1. The van der Waals surface area contributed by atoms with Gasteiger partial charge in [-0.2, -0.15) is 4.31 Å². The van der Waals surface area contributed by atoms with Crippen molar-refractivity contribution in [2.75, 3.05) is 19.7 Å². The molecule has 0 radical (unpaired) electrons. The molecular weight excluding hydrogens is 386 g/mol. The van der Waals surface area contributed by atoms with E-state index in [2.05, 4.69) is 19.1 Å². The van der Waals surface area contributed by atoms with E-state index in [1.54, 1.807) is 29.4 Å². The summed E-state index contributed by atoms with van der Waals surface area (Å²) in [4.78, 5) is 12.4. The average molecular weight is 416 g/mol. The lowest BCUT2D eigenvalue weighted by Gasteiger charge is -2.19. The van der Waals surface area contributed by atoms with Gasteiger partial charge >= 0.3 is 5.97 Å². The van der Waals surface area contributed by atoms with Crippen molar-refractivity contribution >= 4 is 16.0 Å². The van der Waals surface area contributed by atoms with Crippen LogP contribution in [-0.4, -0.2) is 38.4 Å². The van der Waals surface area contributed by atoms with Crippen LogP contribution >= 0.6 is 0 Å². The Kier molecular flexibility index (Phi) is 6.75. The van der Waals surface area contributed by atoms with Crippen molar-refractivity contribution in [3.05, 3.63) is 65.3 Å². The van der Waals surface area contributed by atoms with Gasteiger partial charge < -0.3 is 4.74 Å². The molecule has 0 amide bonds. The summed E-state index contributed by atoms with van der Waals surface area (Å²) < 4.78 is 33.1. The molecule has 1 aromatic rings. The van der Waals surface area contributed by atoms with Crippen molar-refractivity contribution in [1.29, 1.82) is 0 Å². The minimum absolute atomic E-state index is 0.0252. The van der Waals surface area contributed by atoms with E-state index in [-0.39, 0.29) is 17.8 Å². The molecule has 0 saturated carbocycles. The summed E-state index contributed by atoms with van der Waals surface area (Å²) in [6.07, 6.45) is 9.55. The SMILES string of the molecule is CCOC(=O)/C=C1/C=C2/CN(S(=O)(=O)c3ccccc3C)CC2/C=C\CC1CC. The van der Waals surface area contributed by atoms with Gasteiger partial charge in [-0.1, -0.05) is 43.4 Å². The van der Waals surface area contributed by atoms with Crippen molar-refractivity contribution in [3.63, 3.8) is 0 Å². The highest BCUT2D eigenvalue weighted by Gasteiger charge is 2.36. The molecule has 1 fully saturated rings. The van der Waals surface area contributed by atoms with Crippen LogP contribution in [-0.2, 0) is 19.6 Å². The average Bonchev–Trinajstić information content (AvgIpc) is 3.06. The van der Waals surface area contributed by atoms with Crippen molar-refractivity contribution in [2.45, 2.75) is 38.5 Å². The zero-order valence-corrected chi connectivity index (χ0v) is 18.1. The lowest BCUT2D eigenvalue weighted by atomic mass is 9.86. The van der Waals surface area contributed by atoms with Crippen LogP contribution in [0.3, 0.4) is 0 Å². The van der Waals surface area contributed by atoms with E-state index in [9.17, 15) is 13.2 Å². The van der Waals surface area contributed by atoms with E-state index in [0.717, 1.165) is 29.6 Å². The number of nitrogens with zero attached hydrogens (tertiary/aromatic N) is 1. The van der Waals surface area contributed by atoms with Crippen LogP contribution in [0, 0.1) is 18.8 Å². The van der Waals surface area contributed by atoms with Crippen molar-refractivity contribution < 1.29 is 17.9 Å². The first-order chi connectivity index (χ1) is 13.9. The smallest absolute Gasteiger partial charge is 0.331 e. The third-order valence-electron chi connectivity index (χ3n) is 5.62. The number of hydrogen-bond donors (Lipinski definition) is 0. The number of ether oxygens (including phenoxy) is 1. The number of aryl methyl sites for hydroxylation is 1. The third-order valence-corrected chi connectivity index (χ3v) is 7.60. The van der Waals surface area contributed by atoms with Crippen LogP contribution in [0.25, 0.3) is 0 Å². The Balaban J connectivity index is 1.95. The molecule has 2 atom stereocenters. The molecule has 29 heavy (non-hydrogen) atoms. The summed E-state index contributed by atoms with van der Waals surface area (Å²) in [7, 11) is -3.57. The van der Waals surface area contributed by atoms with E-state index in [1.807, 2.05) is 25.1 Å². The van der Waals surface area contributed by atoms with Crippen LogP contribution in [0.2, 0.25) is 0 Å². The molecule has 2 unspecified atom stereocenters. The number of benzene rings is 1. The van der Waals surface area contributed by atoms with Crippen LogP contribution in [0.15, 0.2) is 64.6 Å². The fraction of sp³-hybridized carbons (Fsp3) is 0.435. The molecular formula is C23H29NO4S. The fourth-order valence-electron chi connectivity index (χ4n) is 3.98. The predicted octanol–water partition coefficient (Wildman–Crippen LogP) is 4.02. The molecule has 1 heterocycles. The number of rotatable bonds is 5. The number of carbonyl (C=O) groups is 1. The number of allylic oxidation sites excluding steroid dienone is 3. The second-order valence-corrected chi connectivity index (χ2v) is 9.46. The highest BCUT2D eigenvalue weighted by molar-refractivity contribution is 7.89. The number of fused-ring (bicyclic) bond motifs is 1. The normalized spacial score (nSPS) is 26.9. The van der Waals surface area contributed by atoms with E-state index in [1.165, 1.54) is 0 Å². The Bertz CT molecular complexity index is 959. The van der Waals surface area contributed by atoms with Crippen molar-refractivity contribution in [1.82, 2.24) is 4.31 Å². The van der Waals surface area contributed by atoms with Gasteiger partial charge in [0.1, 0.15) is 0 Å². The molecule has 0 spiro atoms. The Morgan fingerprint density at radius 1 is 1.28 bits per heavy atom. The van der Waals surface area contributed by atoms with Gasteiger partial charge in [-0.15, -0.1) is 0 Å². The molecule has 1 saturated heterocycles. The minimum Gasteiger partial charge on any atom is -0.463 e. The Labute approximate surface area is 173 Å². The summed E-state index contributed by atoms with van der Waals surface area (Å²) in [5.74, 6) is -0.107. The standard InChI is InChI=1S/C23H29NO4S/c1-4-18-10-8-11-19-15-24(29(26,27)22-12-7-6-9-17(22)3)16-21(19)13-20(18)14-23(25)28-5-2/h6-9,11-14,18-19H,4-5,10,15-16H2,1-3H3/b11-8-,20-14-,21-13-. The number of hydrogen-bond acceptors (Lipinski definition) is 4. The molecule has 5 nitrogen and oxygen atoms in total. The summed E-state index contributed by atoms with van der Waals surface area (Å²) in [5.41, 5.74) is 2.69. The zero-order valence-electron chi connectivity index (χ0n) is 17.3. The Morgan fingerprint density at radius 2 is 2.03 bits per heavy atom. The van der Waals surface area contributed by atoms with E-state index in [0.29, 0.717) is 24.6 Å². The monoisotopic (exact) mass is 415 g/mol. The Hall–Kier alpha value is -2.18. The number of sulfonamides is 1. The molecule has 0 bridgehead atoms. The molecule has 1 aliphatic carbocycles.